The molecule has 156 valence electrons. The highest BCUT2D eigenvalue weighted by Gasteiger charge is 2.28. The maximum Gasteiger partial charge on any atom is 0.286 e. The van der Waals surface area contributed by atoms with Crippen molar-refractivity contribution in [3.05, 3.63) is 70.1 Å². The fourth-order valence-electron chi connectivity index (χ4n) is 3.74. The number of anilines is 1. The quantitative estimate of drug-likeness (QED) is 0.636. The standard InChI is InChI=1S/C25H29N3OS/c1-18-6-5-7-21(16-18)27-12-14-28(15-13-27)24-26-23(29)22(30-24)17-19-8-10-20(11-9-19)25(2,3)4/h5-11,16-17H,12-15H2,1-4H3. The lowest BCUT2D eigenvalue weighted by Crippen LogP contribution is -2.47. The minimum absolute atomic E-state index is 0.125. The summed E-state index contributed by atoms with van der Waals surface area (Å²) in [6.45, 7) is 12.4. The van der Waals surface area contributed by atoms with E-state index in [1.807, 2.05) is 6.08 Å². The van der Waals surface area contributed by atoms with E-state index < -0.39 is 0 Å². The van der Waals surface area contributed by atoms with E-state index in [-0.39, 0.29) is 11.3 Å². The maximum atomic E-state index is 12.5. The summed E-state index contributed by atoms with van der Waals surface area (Å²) >= 11 is 1.50. The van der Waals surface area contributed by atoms with E-state index in [4.69, 9.17) is 0 Å². The molecule has 0 bridgehead atoms. The number of benzene rings is 2. The van der Waals surface area contributed by atoms with Gasteiger partial charge in [0, 0.05) is 31.9 Å². The molecule has 0 N–H and O–H groups in total. The molecule has 0 radical (unpaired) electrons. The summed E-state index contributed by atoms with van der Waals surface area (Å²) in [6.07, 6.45) is 1.96. The number of thioether (sulfide) groups is 1. The lowest BCUT2D eigenvalue weighted by molar-refractivity contribution is -0.113. The molecule has 4 nitrogen and oxygen atoms in total. The molecule has 0 spiro atoms. The van der Waals surface area contributed by atoms with E-state index >= 15 is 0 Å². The van der Waals surface area contributed by atoms with Crippen LogP contribution >= 0.6 is 11.8 Å². The van der Waals surface area contributed by atoms with Crippen molar-refractivity contribution in [3.63, 3.8) is 0 Å². The zero-order valence-electron chi connectivity index (χ0n) is 18.2. The molecular weight excluding hydrogens is 390 g/mol. The second-order valence-electron chi connectivity index (χ2n) is 9.00. The van der Waals surface area contributed by atoms with E-state index in [2.05, 4.69) is 91.0 Å². The van der Waals surface area contributed by atoms with Gasteiger partial charge < -0.3 is 9.80 Å². The van der Waals surface area contributed by atoms with Crippen molar-refractivity contribution in [3.8, 4) is 0 Å². The molecule has 1 saturated heterocycles. The van der Waals surface area contributed by atoms with Gasteiger partial charge in [0.05, 0.1) is 4.91 Å². The van der Waals surface area contributed by atoms with Crippen LogP contribution in [0.4, 0.5) is 5.69 Å². The van der Waals surface area contributed by atoms with Crippen molar-refractivity contribution in [2.45, 2.75) is 33.1 Å². The van der Waals surface area contributed by atoms with E-state index in [0.29, 0.717) is 4.91 Å². The number of piperazine rings is 1. The molecule has 2 heterocycles. The van der Waals surface area contributed by atoms with Gasteiger partial charge in [0.25, 0.3) is 5.91 Å². The average molecular weight is 420 g/mol. The summed E-state index contributed by atoms with van der Waals surface area (Å²) in [7, 11) is 0. The van der Waals surface area contributed by atoms with Crippen LogP contribution in [0.5, 0.6) is 0 Å². The lowest BCUT2D eigenvalue weighted by atomic mass is 9.87. The molecule has 0 aliphatic carbocycles. The van der Waals surface area contributed by atoms with Crippen molar-refractivity contribution < 1.29 is 4.79 Å². The second-order valence-corrected chi connectivity index (χ2v) is 10.0. The van der Waals surface area contributed by atoms with Crippen LogP contribution in [0, 0.1) is 6.92 Å². The number of aryl methyl sites for hydroxylation is 1. The van der Waals surface area contributed by atoms with Crippen molar-refractivity contribution in [2.24, 2.45) is 4.99 Å². The van der Waals surface area contributed by atoms with Crippen LogP contribution in [0.15, 0.2) is 58.4 Å². The number of nitrogens with zero attached hydrogens (tertiary/aromatic N) is 3. The Kier molecular flexibility index (Phi) is 5.74. The summed E-state index contributed by atoms with van der Waals surface area (Å²) in [6, 6.07) is 17.1. The summed E-state index contributed by atoms with van der Waals surface area (Å²) in [5.41, 5.74) is 5.01. The highest BCUT2D eigenvalue weighted by atomic mass is 32.2. The third-order valence-corrected chi connectivity index (χ3v) is 6.65. The van der Waals surface area contributed by atoms with Crippen molar-refractivity contribution in [2.75, 3.05) is 31.1 Å². The monoisotopic (exact) mass is 419 g/mol. The maximum absolute atomic E-state index is 12.5. The van der Waals surface area contributed by atoms with Gasteiger partial charge in [-0.15, -0.1) is 0 Å². The Bertz CT molecular complexity index is 994. The number of carbonyl (C=O) groups is 1. The molecule has 0 saturated carbocycles. The number of hydrogen-bond donors (Lipinski definition) is 0. The van der Waals surface area contributed by atoms with E-state index in [0.717, 1.165) is 36.9 Å². The fourth-order valence-corrected chi connectivity index (χ4v) is 4.71. The Morgan fingerprint density at radius 2 is 1.63 bits per heavy atom. The Balaban J connectivity index is 1.39. The highest BCUT2D eigenvalue weighted by molar-refractivity contribution is 8.18. The second kappa shape index (κ2) is 8.31. The molecule has 0 atom stereocenters. The molecule has 2 aromatic rings. The molecule has 1 fully saturated rings. The number of aliphatic imine (C=N–C) groups is 1. The number of carbonyl (C=O) groups excluding carboxylic acids is 1. The highest BCUT2D eigenvalue weighted by Crippen LogP contribution is 2.31. The third-order valence-electron chi connectivity index (χ3n) is 5.60. The summed E-state index contributed by atoms with van der Waals surface area (Å²) in [4.78, 5) is 22.1. The number of amidine groups is 1. The predicted molar refractivity (Wildman–Crippen MR) is 128 cm³/mol. The van der Waals surface area contributed by atoms with Crippen LogP contribution in [0.25, 0.3) is 6.08 Å². The Morgan fingerprint density at radius 3 is 2.27 bits per heavy atom. The van der Waals surface area contributed by atoms with Crippen molar-refractivity contribution >= 4 is 34.6 Å². The Hall–Kier alpha value is -2.53. The molecule has 0 aromatic heterocycles. The fraction of sp³-hybridized carbons (Fsp3) is 0.360. The smallest absolute Gasteiger partial charge is 0.286 e. The van der Waals surface area contributed by atoms with Crippen LogP contribution < -0.4 is 4.90 Å². The van der Waals surface area contributed by atoms with Crippen LogP contribution in [0.1, 0.15) is 37.5 Å². The number of rotatable bonds is 2. The molecule has 2 aliphatic rings. The molecular formula is C25H29N3OS. The van der Waals surface area contributed by atoms with E-state index in [1.54, 1.807) is 0 Å². The minimum Gasteiger partial charge on any atom is -0.368 e. The molecule has 1 amide bonds. The van der Waals surface area contributed by atoms with Gasteiger partial charge in [-0.05, 0) is 59.0 Å². The van der Waals surface area contributed by atoms with Crippen LogP contribution in [0.2, 0.25) is 0 Å². The van der Waals surface area contributed by atoms with Crippen LogP contribution in [-0.4, -0.2) is 42.2 Å². The van der Waals surface area contributed by atoms with Gasteiger partial charge in [-0.2, -0.15) is 4.99 Å². The first-order chi connectivity index (χ1) is 14.3. The van der Waals surface area contributed by atoms with Crippen LogP contribution in [0.3, 0.4) is 0 Å². The van der Waals surface area contributed by atoms with Gasteiger partial charge in [0.2, 0.25) is 0 Å². The van der Waals surface area contributed by atoms with Crippen LogP contribution in [-0.2, 0) is 10.2 Å². The largest absolute Gasteiger partial charge is 0.368 e. The first kappa shape index (κ1) is 20.7. The summed E-state index contributed by atoms with van der Waals surface area (Å²) < 4.78 is 0. The topological polar surface area (TPSA) is 35.9 Å². The molecule has 5 heteroatoms. The first-order valence-corrected chi connectivity index (χ1v) is 11.3. The molecule has 2 aromatic carbocycles. The van der Waals surface area contributed by atoms with Gasteiger partial charge in [0.15, 0.2) is 5.17 Å². The SMILES string of the molecule is Cc1cccc(N2CCN(C3=NC(=O)C(=Cc4ccc(C(C)(C)C)cc4)S3)CC2)c1. The van der Waals surface area contributed by atoms with Gasteiger partial charge in [-0.25, -0.2) is 0 Å². The average Bonchev–Trinajstić information content (AvgIpc) is 3.08. The number of hydrogen-bond acceptors (Lipinski definition) is 4. The first-order valence-electron chi connectivity index (χ1n) is 10.5. The molecule has 0 unspecified atom stereocenters. The molecule has 4 rings (SSSR count). The Labute approximate surface area is 183 Å². The molecule has 2 aliphatic heterocycles. The van der Waals surface area contributed by atoms with Gasteiger partial charge >= 0.3 is 0 Å². The van der Waals surface area contributed by atoms with E-state index in [9.17, 15) is 4.79 Å². The van der Waals surface area contributed by atoms with Gasteiger partial charge in [-0.1, -0.05) is 57.2 Å². The van der Waals surface area contributed by atoms with Gasteiger partial charge in [-0.3, -0.25) is 4.79 Å². The zero-order valence-corrected chi connectivity index (χ0v) is 19.0. The lowest BCUT2D eigenvalue weighted by Gasteiger charge is -2.36. The number of amides is 1. The molecule has 30 heavy (non-hydrogen) atoms. The zero-order chi connectivity index (χ0) is 21.3. The van der Waals surface area contributed by atoms with Gasteiger partial charge in [0.1, 0.15) is 0 Å². The van der Waals surface area contributed by atoms with E-state index in [1.165, 1.54) is 28.6 Å². The minimum atomic E-state index is -0.129. The summed E-state index contributed by atoms with van der Waals surface area (Å²) in [5.74, 6) is -0.129. The summed E-state index contributed by atoms with van der Waals surface area (Å²) in [5, 5.41) is 0.835. The third kappa shape index (κ3) is 4.62. The normalized spacial score (nSPS) is 18.9. The van der Waals surface area contributed by atoms with Crippen molar-refractivity contribution in [1.82, 2.24) is 4.90 Å². The van der Waals surface area contributed by atoms with Crippen molar-refractivity contribution in [1.29, 1.82) is 0 Å². The Morgan fingerprint density at radius 1 is 0.967 bits per heavy atom. The predicted octanol–water partition coefficient (Wildman–Crippen LogP) is 5.09.